The first kappa shape index (κ1) is 20.2. The molecule has 9 heteroatoms. The number of halogens is 2. The van der Waals surface area contributed by atoms with Crippen molar-refractivity contribution in [2.24, 2.45) is 5.92 Å². The fourth-order valence-corrected chi connectivity index (χ4v) is 3.63. The van der Waals surface area contributed by atoms with Gasteiger partial charge in [-0.3, -0.25) is 9.52 Å². The molecule has 0 fully saturated rings. The Kier molecular flexibility index (Phi) is 6.25. The highest BCUT2D eigenvalue weighted by atomic mass is 32.2. The number of sulfonamides is 1. The van der Waals surface area contributed by atoms with Gasteiger partial charge < -0.3 is 5.32 Å². The molecule has 0 saturated heterocycles. The van der Waals surface area contributed by atoms with E-state index in [9.17, 15) is 22.0 Å². The minimum Gasteiger partial charge on any atom is -0.325 e. The van der Waals surface area contributed by atoms with E-state index >= 15 is 0 Å². The summed E-state index contributed by atoms with van der Waals surface area (Å²) in [5.41, 5.74) is -0.0215. The molecule has 0 radical (unpaired) electrons. The maximum Gasteiger partial charge on any atom is 0.262 e. The van der Waals surface area contributed by atoms with Crippen LogP contribution in [0.4, 0.5) is 20.2 Å². The molecular formula is C17H18F2N2O3S2. The molecule has 0 aliphatic rings. The second-order valence-corrected chi connectivity index (χ2v) is 8.27. The van der Waals surface area contributed by atoms with Crippen LogP contribution in [0.2, 0.25) is 0 Å². The third kappa shape index (κ3) is 4.73. The molecule has 0 aliphatic carbocycles. The first-order chi connectivity index (χ1) is 12.1. The van der Waals surface area contributed by atoms with Gasteiger partial charge in [0.2, 0.25) is 5.91 Å². The van der Waals surface area contributed by atoms with Crippen LogP contribution in [0.3, 0.4) is 0 Å². The summed E-state index contributed by atoms with van der Waals surface area (Å²) in [5.74, 6) is -2.38. The Morgan fingerprint density at radius 1 is 1.08 bits per heavy atom. The lowest BCUT2D eigenvalue weighted by atomic mass is 10.2. The zero-order valence-corrected chi connectivity index (χ0v) is 16.0. The van der Waals surface area contributed by atoms with Crippen molar-refractivity contribution in [1.82, 2.24) is 0 Å². The maximum atomic E-state index is 13.7. The first-order valence-corrected chi connectivity index (χ1v) is 10.3. The predicted octanol–water partition coefficient (Wildman–Crippen LogP) is 4.08. The van der Waals surface area contributed by atoms with Crippen LogP contribution in [0.15, 0.2) is 46.2 Å². The van der Waals surface area contributed by atoms with Crippen molar-refractivity contribution in [2.45, 2.75) is 23.6 Å². The van der Waals surface area contributed by atoms with Crippen LogP contribution in [0, 0.1) is 17.6 Å². The Balaban J connectivity index is 2.38. The predicted molar refractivity (Wildman–Crippen MR) is 98.9 cm³/mol. The first-order valence-electron chi connectivity index (χ1n) is 7.61. The van der Waals surface area contributed by atoms with Gasteiger partial charge in [0.25, 0.3) is 10.0 Å². The van der Waals surface area contributed by atoms with E-state index in [1.54, 1.807) is 26.2 Å². The van der Waals surface area contributed by atoms with Crippen LogP contribution in [0.1, 0.15) is 13.8 Å². The standard InChI is InChI=1S/C17H18F2N2O3S2/c1-10(2)17(22)20-15-9-12(5-7-16(15)25-3)26(23,24)21-14-6-4-11(18)8-13(14)19/h4-10,21H,1-3H3,(H,20,22). The van der Waals surface area contributed by atoms with Gasteiger partial charge in [0.15, 0.2) is 0 Å². The van der Waals surface area contributed by atoms with E-state index in [0.29, 0.717) is 16.6 Å². The number of amides is 1. The number of nitrogens with one attached hydrogen (secondary N) is 2. The number of thioether (sulfide) groups is 1. The summed E-state index contributed by atoms with van der Waals surface area (Å²) in [5, 5.41) is 2.68. The van der Waals surface area contributed by atoms with Crippen LogP contribution >= 0.6 is 11.8 Å². The van der Waals surface area contributed by atoms with Gasteiger partial charge in [-0.05, 0) is 36.6 Å². The summed E-state index contributed by atoms with van der Waals surface area (Å²) in [6.07, 6.45) is 1.79. The average molecular weight is 400 g/mol. The molecule has 2 aromatic carbocycles. The van der Waals surface area contributed by atoms with Gasteiger partial charge in [-0.1, -0.05) is 13.8 Å². The van der Waals surface area contributed by atoms with E-state index in [2.05, 4.69) is 10.0 Å². The molecule has 2 rings (SSSR count). The molecule has 0 aliphatic heterocycles. The summed E-state index contributed by atoms with van der Waals surface area (Å²) < 4.78 is 53.8. The molecule has 2 aromatic rings. The fraction of sp³-hybridized carbons (Fsp3) is 0.235. The van der Waals surface area contributed by atoms with Gasteiger partial charge in [-0.25, -0.2) is 17.2 Å². The minimum absolute atomic E-state index is 0.155. The molecule has 0 heterocycles. The molecular weight excluding hydrogens is 382 g/mol. The summed E-state index contributed by atoms with van der Waals surface area (Å²) in [7, 11) is -4.13. The van der Waals surface area contributed by atoms with Gasteiger partial charge >= 0.3 is 0 Å². The van der Waals surface area contributed by atoms with Crippen molar-refractivity contribution in [3.63, 3.8) is 0 Å². The summed E-state index contributed by atoms with van der Waals surface area (Å²) in [6.45, 7) is 3.43. The molecule has 0 atom stereocenters. The van der Waals surface area contributed by atoms with Gasteiger partial charge in [0.1, 0.15) is 11.6 Å². The highest BCUT2D eigenvalue weighted by Crippen LogP contribution is 2.29. The lowest BCUT2D eigenvalue weighted by molar-refractivity contribution is -0.118. The Morgan fingerprint density at radius 2 is 1.77 bits per heavy atom. The van der Waals surface area contributed by atoms with Crippen LogP contribution < -0.4 is 10.0 Å². The molecule has 0 bridgehead atoms. The van der Waals surface area contributed by atoms with Crippen molar-refractivity contribution < 1.29 is 22.0 Å². The number of hydrogen-bond acceptors (Lipinski definition) is 4. The van der Waals surface area contributed by atoms with Crippen LogP contribution in [-0.2, 0) is 14.8 Å². The van der Waals surface area contributed by atoms with Gasteiger partial charge in [0.05, 0.1) is 16.3 Å². The van der Waals surface area contributed by atoms with Crippen molar-refractivity contribution in [3.8, 4) is 0 Å². The van der Waals surface area contributed by atoms with Gasteiger partial charge in [-0.2, -0.15) is 0 Å². The van der Waals surface area contributed by atoms with Gasteiger partial charge in [0, 0.05) is 16.9 Å². The highest BCUT2D eigenvalue weighted by Gasteiger charge is 2.19. The second-order valence-electron chi connectivity index (χ2n) is 5.74. The molecule has 1 amide bonds. The van der Waals surface area contributed by atoms with E-state index in [4.69, 9.17) is 0 Å². The summed E-state index contributed by atoms with van der Waals surface area (Å²) in [4.78, 5) is 12.5. The molecule has 0 aromatic heterocycles. The number of benzene rings is 2. The van der Waals surface area contributed by atoms with E-state index in [-0.39, 0.29) is 22.4 Å². The van der Waals surface area contributed by atoms with Crippen molar-refractivity contribution >= 4 is 39.1 Å². The topological polar surface area (TPSA) is 75.3 Å². The average Bonchev–Trinajstić information content (AvgIpc) is 2.57. The van der Waals surface area contributed by atoms with Gasteiger partial charge in [-0.15, -0.1) is 11.8 Å². The minimum atomic E-state index is -4.13. The van der Waals surface area contributed by atoms with E-state index < -0.39 is 21.7 Å². The smallest absolute Gasteiger partial charge is 0.262 e. The normalized spacial score (nSPS) is 11.5. The third-order valence-corrected chi connectivity index (χ3v) is 5.60. The highest BCUT2D eigenvalue weighted by molar-refractivity contribution is 7.98. The summed E-state index contributed by atoms with van der Waals surface area (Å²) in [6, 6.07) is 6.74. The van der Waals surface area contributed by atoms with E-state index in [1.165, 1.54) is 23.9 Å². The number of anilines is 2. The van der Waals surface area contributed by atoms with Crippen LogP contribution in [0.25, 0.3) is 0 Å². The lowest BCUT2D eigenvalue weighted by Crippen LogP contribution is -2.19. The Bertz CT molecular complexity index is 932. The molecule has 5 nitrogen and oxygen atoms in total. The van der Waals surface area contributed by atoms with E-state index in [0.717, 1.165) is 12.1 Å². The van der Waals surface area contributed by atoms with Crippen molar-refractivity contribution in [3.05, 3.63) is 48.0 Å². The quantitative estimate of drug-likeness (QED) is 0.717. The SMILES string of the molecule is CSc1ccc(S(=O)(=O)Nc2ccc(F)cc2F)cc1NC(=O)C(C)C. The number of hydrogen-bond donors (Lipinski definition) is 2. The lowest BCUT2D eigenvalue weighted by Gasteiger charge is -2.14. The number of carbonyl (C=O) groups excluding carboxylic acids is 1. The van der Waals surface area contributed by atoms with Crippen LogP contribution in [-0.4, -0.2) is 20.6 Å². The Hall–Kier alpha value is -2.13. The summed E-state index contributed by atoms with van der Waals surface area (Å²) >= 11 is 1.34. The Morgan fingerprint density at radius 3 is 2.35 bits per heavy atom. The molecule has 0 unspecified atom stereocenters. The van der Waals surface area contributed by atoms with E-state index in [1.807, 2.05) is 0 Å². The second kappa shape index (κ2) is 8.05. The molecule has 0 spiro atoms. The zero-order chi connectivity index (χ0) is 19.5. The monoisotopic (exact) mass is 400 g/mol. The molecule has 0 saturated carbocycles. The zero-order valence-electron chi connectivity index (χ0n) is 14.3. The van der Waals surface area contributed by atoms with Crippen molar-refractivity contribution in [1.29, 1.82) is 0 Å². The number of carbonyl (C=O) groups is 1. The van der Waals surface area contributed by atoms with Crippen LogP contribution in [0.5, 0.6) is 0 Å². The fourth-order valence-electron chi connectivity index (χ4n) is 2.00. The molecule has 26 heavy (non-hydrogen) atoms. The van der Waals surface area contributed by atoms with Crippen molar-refractivity contribution in [2.75, 3.05) is 16.3 Å². The largest absolute Gasteiger partial charge is 0.325 e. The third-order valence-electron chi connectivity index (χ3n) is 3.44. The number of rotatable bonds is 6. The maximum absolute atomic E-state index is 13.7. The molecule has 2 N–H and O–H groups in total. The molecule has 140 valence electrons. The Labute approximate surface area is 155 Å².